The molecule has 0 aliphatic carbocycles. The van der Waals surface area contributed by atoms with Crippen LogP contribution >= 0.6 is 0 Å². The van der Waals surface area contributed by atoms with E-state index in [1.807, 2.05) is 25.1 Å². The van der Waals surface area contributed by atoms with Gasteiger partial charge in [0.15, 0.2) is 0 Å². The van der Waals surface area contributed by atoms with E-state index in [1.165, 1.54) is 0 Å². The number of nitrogens with one attached hydrogen (secondary N) is 1. The molecule has 4 heteroatoms. The van der Waals surface area contributed by atoms with Crippen LogP contribution in [0.4, 0.5) is 0 Å². The molecule has 1 unspecified atom stereocenters. The van der Waals surface area contributed by atoms with Crippen LogP contribution in [0.2, 0.25) is 0 Å². The van der Waals surface area contributed by atoms with Crippen LogP contribution in [0.15, 0.2) is 30.6 Å². The second-order valence-electron chi connectivity index (χ2n) is 3.62. The van der Waals surface area contributed by atoms with Crippen molar-refractivity contribution in [2.24, 2.45) is 5.84 Å². The van der Waals surface area contributed by atoms with E-state index in [0.717, 1.165) is 16.6 Å². The minimum absolute atomic E-state index is 0.0251. The maximum absolute atomic E-state index is 5.57. The summed E-state index contributed by atoms with van der Waals surface area (Å²) in [5.74, 6) is 11.5. The molecule has 0 saturated heterocycles. The summed E-state index contributed by atoms with van der Waals surface area (Å²) >= 11 is 0. The first-order valence-corrected chi connectivity index (χ1v) is 5.42. The minimum atomic E-state index is -0.0251. The number of hydrogen-bond donors (Lipinski definition) is 2. The van der Waals surface area contributed by atoms with E-state index in [-0.39, 0.29) is 6.04 Å². The van der Waals surface area contributed by atoms with Crippen LogP contribution in [-0.2, 0) is 0 Å². The van der Waals surface area contributed by atoms with E-state index in [1.54, 1.807) is 12.4 Å². The second kappa shape index (κ2) is 5.39. The van der Waals surface area contributed by atoms with Crippen LogP contribution < -0.4 is 11.3 Å². The lowest BCUT2D eigenvalue weighted by molar-refractivity contribution is 0.571. The van der Waals surface area contributed by atoms with Crippen LogP contribution in [-0.4, -0.2) is 9.97 Å². The first-order chi connectivity index (χ1) is 8.36. The summed E-state index contributed by atoms with van der Waals surface area (Å²) in [7, 11) is 0. The lowest BCUT2D eigenvalue weighted by Gasteiger charge is -2.14. The molecule has 0 saturated carbocycles. The molecule has 0 fully saturated rings. The summed E-state index contributed by atoms with van der Waals surface area (Å²) in [6, 6.07) is 5.86. The Morgan fingerprint density at radius 2 is 2.18 bits per heavy atom. The highest BCUT2D eigenvalue weighted by molar-refractivity contribution is 5.78. The van der Waals surface area contributed by atoms with Gasteiger partial charge >= 0.3 is 0 Å². The number of fused-ring (bicyclic) bond motifs is 1. The van der Waals surface area contributed by atoms with E-state index in [0.29, 0.717) is 6.42 Å². The quantitative estimate of drug-likeness (QED) is 0.473. The standard InChI is InChI=1S/C13H14N4/c1-2-3-6-11(17-14)10-5-4-7-12-13(10)16-9-8-15-12/h4-5,7-9,11,17H,6,14H2,1H3. The van der Waals surface area contributed by atoms with Crippen LogP contribution in [0, 0.1) is 11.8 Å². The normalized spacial score (nSPS) is 11.9. The zero-order valence-electron chi connectivity index (χ0n) is 9.64. The van der Waals surface area contributed by atoms with Crippen LogP contribution in [0.25, 0.3) is 11.0 Å². The smallest absolute Gasteiger partial charge is 0.0935 e. The molecule has 1 aromatic heterocycles. The highest BCUT2D eigenvalue weighted by Gasteiger charge is 2.12. The number of nitrogens with two attached hydrogens (primary N) is 1. The fourth-order valence-corrected chi connectivity index (χ4v) is 1.76. The zero-order valence-corrected chi connectivity index (χ0v) is 9.64. The van der Waals surface area contributed by atoms with Gasteiger partial charge in [0.25, 0.3) is 0 Å². The van der Waals surface area contributed by atoms with Gasteiger partial charge in [-0.25, -0.2) is 0 Å². The average molecular weight is 226 g/mol. The number of aromatic nitrogens is 2. The van der Waals surface area contributed by atoms with Gasteiger partial charge in [-0.1, -0.05) is 12.1 Å². The van der Waals surface area contributed by atoms with Crippen molar-refractivity contribution in [3.63, 3.8) is 0 Å². The van der Waals surface area contributed by atoms with Gasteiger partial charge in [0.1, 0.15) is 0 Å². The molecule has 0 bridgehead atoms. The molecule has 0 spiro atoms. The van der Waals surface area contributed by atoms with E-state index in [2.05, 4.69) is 27.2 Å². The summed E-state index contributed by atoms with van der Waals surface area (Å²) in [6.45, 7) is 1.82. The van der Waals surface area contributed by atoms with Crippen LogP contribution in [0.1, 0.15) is 24.9 Å². The Balaban J connectivity index is 2.48. The molecule has 4 nitrogen and oxygen atoms in total. The van der Waals surface area contributed by atoms with Gasteiger partial charge in [-0.15, -0.1) is 11.8 Å². The molecule has 0 amide bonds. The summed E-state index contributed by atoms with van der Waals surface area (Å²) in [5, 5.41) is 0. The van der Waals surface area contributed by atoms with Crippen molar-refractivity contribution in [3.8, 4) is 11.8 Å². The molecule has 17 heavy (non-hydrogen) atoms. The second-order valence-corrected chi connectivity index (χ2v) is 3.62. The van der Waals surface area contributed by atoms with Crippen molar-refractivity contribution in [2.75, 3.05) is 0 Å². The van der Waals surface area contributed by atoms with E-state index >= 15 is 0 Å². The number of nitrogens with zero attached hydrogens (tertiary/aromatic N) is 2. The van der Waals surface area contributed by atoms with Gasteiger partial charge < -0.3 is 0 Å². The first-order valence-electron chi connectivity index (χ1n) is 5.42. The summed E-state index contributed by atoms with van der Waals surface area (Å²) in [5.41, 5.74) is 5.54. The first kappa shape index (κ1) is 11.5. The molecule has 2 rings (SSSR count). The fraction of sp³-hybridized carbons (Fsp3) is 0.231. The highest BCUT2D eigenvalue weighted by atomic mass is 15.2. The van der Waals surface area contributed by atoms with Gasteiger partial charge in [-0.3, -0.25) is 21.2 Å². The van der Waals surface area contributed by atoms with E-state index < -0.39 is 0 Å². The van der Waals surface area contributed by atoms with Gasteiger partial charge in [-0.2, -0.15) is 0 Å². The van der Waals surface area contributed by atoms with E-state index in [9.17, 15) is 0 Å². The highest BCUT2D eigenvalue weighted by Crippen LogP contribution is 2.22. The van der Waals surface area contributed by atoms with Gasteiger partial charge in [0.2, 0.25) is 0 Å². The maximum Gasteiger partial charge on any atom is 0.0935 e. The third-order valence-electron chi connectivity index (χ3n) is 2.59. The van der Waals surface area contributed by atoms with Gasteiger partial charge in [0, 0.05) is 18.8 Å². The lowest BCUT2D eigenvalue weighted by atomic mass is 10.0. The van der Waals surface area contributed by atoms with Crippen molar-refractivity contribution in [1.82, 2.24) is 15.4 Å². The molecule has 2 aromatic rings. The van der Waals surface area contributed by atoms with Crippen LogP contribution in [0.5, 0.6) is 0 Å². The topological polar surface area (TPSA) is 63.8 Å². The number of benzene rings is 1. The van der Waals surface area contributed by atoms with Crippen molar-refractivity contribution in [3.05, 3.63) is 36.2 Å². The number of hydrazine groups is 1. The molecule has 0 aliphatic heterocycles. The molecule has 0 aliphatic rings. The zero-order chi connectivity index (χ0) is 12.1. The maximum atomic E-state index is 5.57. The Kier molecular flexibility index (Phi) is 3.66. The van der Waals surface area contributed by atoms with Gasteiger partial charge in [0.05, 0.1) is 17.1 Å². The number of rotatable bonds is 3. The van der Waals surface area contributed by atoms with E-state index in [4.69, 9.17) is 5.84 Å². The summed E-state index contributed by atoms with van der Waals surface area (Å²) in [4.78, 5) is 8.62. The Labute approximate surface area is 100 Å². The Morgan fingerprint density at radius 3 is 2.94 bits per heavy atom. The number of hydrogen-bond acceptors (Lipinski definition) is 4. The predicted molar refractivity (Wildman–Crippen MR) is 67.7 cm³/mol. The predicted octanol–water partition coefficient (Wildman–Crippen LogP) is 1.55. The monoisotopic (exact) mass is 226 g/mol. The molecular formula is C13H14N4. The fourth-order valence-electron chi connectivity index (χ4n) is 1.76. The third-order valence-corrected chi connectivity index (χ3v) is 2.59. The molecular weight excluding hydrogens is 212 g/mol. The third kappa shape index (κ3) is 2.41. The van der Waals surface area contributed by atoms with Gasteiger partial charge in [-0.05, 0) is 18.6 Å². The molecule has 1 aromatic carbocycles. The lowest BCUT2D eigenvalue weighted by Crippen LogP contribution is -2.28. The number of para-hydroxylation sites is 1. The minimum Gasteiger partial charge on any atom is -0.271 e. The Hall–Kier alpha value is -1.96. The molecule has 86 valence electrons. The Bertz CT molecular complexity index is 563. The Morgan fingerprint density at radius 1 is 1.35 bits per heavy atom. The molecule has 1 atom stereocenters. The molecule has 1 heterocycles. The van der Waals surface area contributed by atoms with Crippen molar-refractivity contribution < 1.29 is 0 Å². The SMILES string of the molecule is CC#CCC(NN)c1cccc2nccnc12. The molecule has 3 N–H and O–H groups in total. The van der Waals surface area contributed by atoms with Crippen molar-refractivity contribution in [1.29, 1.82) is 0 Å². The summed E-state index contributed by atoms with van der Waals surface area (Å²) < 4.78 is 0. The van der Waals surface area contributed by atoms with Crippen LogP contribution in [0.3, 0.4) is 0 Å². The largest absolute Gasteiger partial charge is 0.271 e. The average Bonchev–Trinajstić information content (AvgIpc) is 2.40. The summed E-state index contributed by atoms with van der Waals surface area (Å²) in [6.07, 6.45) is 4.02. The van der Waals surface area contributed by atoms with Crippen molar-refractivity contribution in [2.45, 2.75) is 19.4 Å². The van der Waals surface area contributed by atoms with Crippen molar-refractivity contribution >= 4 is 11.0 Å². The molecule has 0 radical (unpaired) electrons.